The van der Waals surface area contributed by atoms with Crippen LogP contribution in [0, 0.1) is 17.0 Å². The summed E-state index contributed by atoms with van der Waals surface area (Å²) in [6.45, 7) is 1.27. The number of rotatable bonds is 2. The van der Waals surface area contributed by atoms with Crippen LogP contribution in [0.2, 0.25) is 0 Å². The molecule has 0 radical (unpaired) electrons. The van der Waals surface area contributed by atoms with E-state index in [0.717, 1.165) is 31.4 Å². The first-order valence-electron chi connectivity index (χ1n) is 8.11. The van der Waals surface area contributed by atoms with Gasteiger partial charge in [0.2, 0.25) is 16.0 Å². The van der Waals surface area contributed by atoms with Gasteiger partial charge in [-0.05, 0) is 24.6 Å². The zero-order valence-corrected chi connectivity index (χ0v) is 15.9. The Bertz CT molecular complexity index is 1070. The standard InChI is InChI=1S/C17H15F5N4O2S/c1-16(11-5-4-10(18)7-12(11)19)14(29(27,28)26(2)15(23)25-16)9-3-6-13(24-8-9)17(20,21)22/h3-8,14H,1-2H3,(H2,23,25)/t14-,16-/m1/s1. The number of halogens is 5. The lowest BCUT2D eigenvalue weighted by molar-refractivity contribution is -0.141. The van der Waals surface area contributed by atoms with Crippen molar-refractivity contribution in [2.24, 2.45) is 0 Å². The van der Waals surface area contributed by atoms with E-state index in [1.54, 1.807) is 0 Å². The number of benzene rings is 1. The molecule has 0 saturated carbocycles. The number of hydrogen-bond donors (Lipinski definition) is 2. The lowest BCUT2D eigenvalue weighted by atomic mass is 9.84. The summed E-state index contributed by atoms with van der Waals surface area (Å²) in [7, 11) is -3.29. The van der Waals surface area contributed by atoms with Crippen LogP contribution in [0.1, 0.15) is 29.0 Å². The first kappa shape index (κ1) is 21.0. The predicted molar refractivity (Wildman–Crippen MR) is 93.2 cm³/mol. The van der Waals surface area contributed by atoms with Gasteiger partial charge in [-0.1, -0.05) is 12.1 Å². The molecule has 3 rings (SSSR count). The highest BCUT2D eigenvalue weighted by atomic mass is 32.2. The van der Waals surface area contributed by atoms with E-state index in [4.69, 9.17) is 5.41 Å². The zero-order chi connectivity index (χ0) is 21.8. The number of hydrogen-bond acceptors (Lipinski definition) is 4. The summed E-state index contributed by atoms with van der Waals surface area (Å²) in [4.78, 5) is 3.29. The summed E-state index contributed by atoms with van der Waals surface area (Å²) in [5.41, 5.74) is -3.48. The highest BCUT2D eigenvalue weighted by Crippen LogP contribution is 2.45. The summed E-state index contributed by atoms with van der Waals surface area (Å²) < 4.78 is 93.1. The van der Waals surface area contributed by atoms with E-state index in [9.17, 15) is 30.4 Å². The summed E-state index contributed by atoms with van der Waals surface area (Å²) in [6.07, 6.45) is -3.98. The molecule has 0 aliphatic carbocycles. The molecular weight excluding hydrogens is 419 g/mol. The highest BCUT2D eigenvalue weighted by molar-refractivity contribution is 7.90. The Hall–Kier alpha value is -2.76. The molecule has 1 fully saturated rings. The Morgan fingerprint density at radius 1 is 1.21 bits per heavy atom. The number of aromatic nitrogens is 1. The minimum absolute atomic E-state index is 0.156. The van der Waals surface area contributed by atoms with Gasteiger partial charge < -0.3 is 5.32 Å². The molecule has 156 valence electrons. The van der Waals surface area contributed by atoms with Crippen molar-refractivity contribution in [3.05, 3.63) is 65.0 Å². The first-order valence-corrected chi connectivity index (χ1v) is 9.62. The van der Waals surface area contributed by atoms with Crippen molar-refractivity contribution in [3.63, 3.8) is 0 Å². The molecule has 0 spiro atoms. The van der Waals surface area contributed by atoms with E-state index < -0.39 is 50.3 Å². The van der Waals surface area contributed by atoms with E-state index in [1.165, 1.54) is 6.92 Å². The molecule has 1 aliphatic heterocycles. The third-order valence-electron chi connectivity index (χ3n) is 4.77. The number of pyridine rings is 1. The maximum atomic E-state index is 14.5. The first-order chi connectivity index (χ1) is 13.3. The van der Waals surface area contributed by atoms with Gasteiger partial charge in [0.05, 0.1) is 5.54 Å². The highest BCUT2D eigenvalue weighted by Gasteiger charge is 2.53. The quantitative estimate of drug-likeness (QED) is 0.712. The Morgan fingerprint density at radius 2 is 1.86 bits per heavy atom. The summed E-state index contributed by atoms with van der Waals surface area (Å²) in [6, 6.07) is 4.05. The molecule has 1 saturated heterocycles. The van der Waals surface area contributed by atoms with E-state index in [0.29, 0.717) is 16.4 Å². The van der Waals surface area contributed by atoms with Crippen LogP contribution >= 0.6 is 0 Å². The third-order valence-corrected chi connectivity index (χ3v) is 7.05. The maximum Gasteiger partial charge on any atom is 0.433 e. The van der Waals surface area contributed by atoms with Gasteiger partial charge in [0.15, 0.2) is 0 Å². The number of nitrogens with zero attached hydrogens (tertiary/aromatic N) is 2. The second-order valence-corrected chi connectivity index (χ2v) is 8.72. The number of alkyl halides is 3. The van der Waals surface area contributed by atoms with Crippen LogP contribution in [-0.2, 0) is 21.7 Å². The molecule has 2 N–H and O–H groups in total. The van der Waals surface area contributed by atoms with Crippen molar-refractivity contribution in [1.29, 1.82) is 5.41 Å². The summed E-state index contributed by atoms with van der Waals surface area (Å²) >= 11 is 0. The van der Waals surface area contributed by atoms with Crippen LogP contribution in [0.5, 0.6) is 0 Å². The fraction of sp³-hybridized carbons (Fsp3) is 0.294. The average Bonchev–Trinajstić information content (AvgIpc) is 2.59. The molecule has 12 heteroatoms. The zero-order valence-electron chi connectivity index (χ0n) is 15.1. The van der Waals surface area contributed by atoms with Gasteiger partial charge in [-0.25, -0.2) is 21.5 Å². The monoisotopic (exact) mass is 434 g/mol. The molecule has 1 aliphatic rings. The second kappa shape index (κ2) is 6.65. The van der Waals surface area contributed by atoms with Gasteiger partial charge in [-0.15, -0.1) is 0 Å². The molecule has 1 aromatic heterocycles. The smallest absolute Gasteiger partial charge is 0.345 e. The van der Waals surface area contributed by atoms with Crippen LogP contribution in [0.3, 0.4) is 0 Å². The van der Waals surface area contributed by atoms with E-state index in [-0.39, 0.29) is 11.1 Å². The normalized spacial score (nSPS) is 24.3. The Kier molecular flexibility index (Phi) is 4.80. The minimum Gasteiger partial charge on any atom is -0.345 e. The molecule has 29 heavy (non-hydrogen) atoms. The summed E-state index contributed by atoms with van der Waals surface area (Å²) in [5, 5.41) is 8.85. The van der Waals surface area contributed by atoms with Crippen LogP contribution in [-0.4, -0.2) is 30.7 Å². The van der Waals surface area contributed by atoms with Gasteiger partial charge in [0.1, 0.15) is 22.6 Å². The Balaban J connectivity index is 2.24. The number of guanidine groups is 1. The van der Waals surface area contributed by atoms with Crippen molar-refractivity contribution in [2.45, 2.75) is 23.9 Å². The lowest BCUT2D eigenvalue weighted by Crippen LogP contribution is -2.62. The van der Waals surface area contributed by atoms with Crippen LogP contribution in [0.4, 0.5) is 22.0 Å². The summed E-state index contributed by atoms with van der Waals surface area (Å²) in [5.74, 6) is -2.54. The molecule has 6 nitrogen and oxygen atoms in total. The van der Waals surface area contributed by atoms with Gasteiger partial charge >= 0.3 is 6.18 Å². The van der Waals surface area contributed by atoms with Gasteiger partial charge in [-0.2, -0.15) is 13.2 Å². The average molecular weight is 434 g/mol. The third kappa shape index (κ3) is 3.41. The predicted octanol–water partition coefficient (Wildman–Crippen LogP) is 3.13. The molecule has 2 atom stereocenters. The van der Waals surface area contributed by atoms with Crippen LogP contribution in [0.25, 0.3) is 0 Å². The SMILES string of the molecule is CN1C(=N)N[C@](C)(c2ccc(F)cc2F)[C@@H](c2ccc(C(F)(F)F)nc2)S1(=O)=O. The number of sulfonamides is 1. The van der Waals surface area contributed by atoms with Gasteiger partial charge in [0, 0.05) is 24.9 Å². The van der Waals surface area contributed by atoms with E-state index >= 15 is 0 Å². The van der Waals surface area contributed by atoms with Crippen LogP contribution in [0.15, 0.2) is 36.5 Å². The lowest BCUT2D eigenvalue weighted by Gasteiger charge is -2.46. The topological polar surface area (TPSA) is 86.2 Å². The van der Waals surface area contributed by atoms with Gasteiger partial charge in [0.25, 0.3) is 0 Å². The fourth-order valence-electron chi connectivity index (χ4n) is 3.33. The van der Waals surface area contributed by atoms with Crippen LogP contribution < -0.4 is 5.32 Å². The van der Waals surface area contributed by atoms with Crippen molar-refractivity contribution < 1.29 is 30.4 Å². The Labute approximate surface area is 162 Å². The van der Waals surface area contributed by atoms with E-state index in [2.05, 4.69) is 10.3 Å². The Morgan fingerprint density at radius 3 is 2.38 bits per heavy atom. The fourth-order valence-corrected chi connectivity index (χ4v) is 5.21. The molecule has 2 heterocycles. The largest absolute Gasteiger partial charge is 0.433 e. The van der Waals surface area contributed by atoms with Crippen molar-refractivity contribution in [3.8, 4) is 0 Å². The maximum absolute atomic E-state index is 14.5. The molecule has 0 bridgehead atoms. The molecular formula is C17H15F5N4O2S. The molecule has 2 aromatic rings. The number of nitrogens with one attached hydrogen (secondary N) is 2. The second-order valence-electron chi connectivity index (χ2n) is 6.67. The molecule has 1 aromatic carbocycles. The van der Waals surface area contributed by atoms with Gasteiger partial charge in [-0.3, -0.25) is 10.4 Å². The minimum atomic E-state index is -4.73. The van der Waals surface area contributed by atoms with Crippen molar-refractivity contribution in [2.75, 3.05) is 7.05 Å². The molecule has 0 unspecified atom stereocenters. The van der Waals surface area contributed by atoms with Crippen molar-refractivity contribution in [1.82, 2.24) is 14.6 Å². The van der Waals surface area contributed by atoms with E-state index in [1.807, 2.05) is 0 Å². The molecule has 0 amide bonds. The van der Waals surface area contributed by atoms with Crippen molar-refractivity contribution >= 4 is 16.0 Å².